The summed E-state index contributed by atoms with van der Waals surface area (Å²) in [5.74, 6) is 2.41. The summed E-state index contributed by atoms with van der Waals surface area (Å²) >= 11 is 0. The average molecular weight is 330 g/mol. The summed E-state index contributed by atoms with van der Waals surface area (Å²) in [6.07, 6.45) is 2.72. The summed E-state index contributed by atoms with van der Waals surface area (Å²) < 4.78 is 16.9. The van der Waals surface area contributed by atoms with Crippen molar-refractivity contribution < 1.29 is 14.0 Å². The van der Waals surface area contributed by atoms with Crippen LogP contribution in [-0.4, -0.2) is 53.6 Å². The van der Waals surface area contributed by atoms with Crippen molar-refractivity contribution in [3.05, 3.63) is 24.2 Å². The highest BCUT2D eigenvalue weighted by atomic mass is 16.6. The number of pyridine rings is 1. The first-order chi connectivity index (χ1) is 11.7. The number of rotatable bonds is 3. The number of nitrogens with zero attached hydrogens (tertiary/aromatic N) is 4. The van der Waals surface area contributed by atoms with E-state index in [1.165, 1.54) is 0 Å². The van der Waals surface area contributed by atoms with Crippen molar-refractivity contribution in [1.82, 2.24) is 15.1 Å². The Hall–Kier alpha value is -1.99. The second kappa shape index (κ2) is 6.14. The summed E-state index contributed by atoms with van der Waals surface area (Å²) in [4.78, 5) is 11.2. The quantitative estimate of drug-likeness (QED) is 0.854. The van der Waals surface area contributed by atoms with Crippen LogP contribution >= 0.6 is 0 Å². The highest BCUT2D eigenvalue weighted by molar-refractivity contribution is 5.59. The van der Waals surface area contributed by atoms with E-state index in [9.17, 15) is 0 Å². The Morgan fingerprint density at radius 2 is 2.21 bits per heavy atom. The van der Waals surface area contributed by atoms with Crippen molar-refractivity contribution in [3.63, 3.8) is 0 Å². The Morgan fingerprint density at radius 3 is 2.96 bits per heavy atom. The van der Waals surface area contributed by atoms with Crippen LogP contribution < -0.4 is 4.90 Å². The minimum Gasteiger partial charge on any atom is -0.378 e. The number of ether oxygens (including phenoxy) is 2. The third-order valence-corrected chi connectivity index (χ3v) is 4.59. The molecule has 2 aromatic heterocycles. The molecule has 2 aliphatic rings. The van der Waals surface area contributed by atoms with E-state index >= 15 is 0 Å². The standard InChI is InChI=1S/C17H22N4O3/c1-12(2)15-19-16(24-20-15)13-3-5-18-14(9-13)21-6-8-23-17(10-21)4-7-22-11-17/h3,5,9,12H,4,6-8,10-11H2,1-2H3. The van der Waals surface area contributed by atoms with E-state index in [-0.39, 0.29) is 11.5 Å². The highest BCUT2D eigenvalue weighted by Gasteiger charge is 2.40. The van der Waals surface area contributed by atoms with Crippen LogP contribution in [0.4, 0.5) is 5.82 Å². The van der Waals surface area contributed by atoms with Gasteiger partial charge in [-0.2, -0.15) is 4.98 Å². The Bertz CT molecular complexity index is 709. The van der Waals surface area contributed by atoms with Crippen molar-refractivity contribution in [2.24, 2.45) is 0 Å². The molecule has 0 aliphatic carbocycles. The molecular formula is C17H22N4O3. The molecule has 4 heterocycles. The third kappa shape index (κ3) is 2.89. The largest absolute Gasteiger partial charge is 0.378 e. The molecule has 0 amide bonds. The van der Waals surface area contributed by atoms with Gasteiger partial charge in [0.2, 0.25) is 0 Å². The number of hydrogen-bond acceptors (Lipinski definition) is 7. The van der Waals surface area contributed by atoms with Gasteiger partial charge in [-0.15, -0.1) is 0 Å². The molecule has 0 bridgehead atoms. The van der Waals surface area contributed by atoms with Gasteiger partial charge in [0.15, 0.2) is 5.82 Å². The topological polar surface area (TPSA) is 73.5 Å². The Morgan fingerprint density at radius 1 is 1.29 bits per heavy atom. The minimum atomic E-state index is -0.189. The molecule has 0 radical (unpaired) electrons. The maximum atomic E-state index is 5.99. The van der Waals surface area contributed by atoms with Gasteiger partial charge in [-0.05, 0) is 12.1 Å². The lowest BCUT2D eigenvalue weighted by Crippen LogP contribution is -2.52. The molecule has 0 aromatic carbocycles. The molecule has 0 saturated carbocycles. The molecule has 1 unspecified atom stereocenters. The maximum absolute atomic E-state index is 5.99. The smallest absolute Gasteiger partial charge is 0.258 e. The van der Waals surface area contributed by atoms with E-state index in [4.69, 9.17) is 14.0 Å². The highest BCUT2D eigenvalue weighted by Crippen LogP contribution is 2.30. The fraction of sp³-hybridized carbons (Fsp3) is 0.588. The van der Waals surface area contributed by atoms with Gasteiger partial charge in [0.25, 0.3) is 5.89 Å². The molecule has 2 fully saturated rings. The number of morpholine rings is 1. The van der Waals surface area contributed by atoms with Gasteiger partial charge in [0.1, 0.15) is 11.4 Å². The maximum Gasteiger partial charge on any atom is 0.258 e. The second-order valence-electron chi connectivity index (χ2n) is 6.77. The van der Waals surface area contributed by atoms with Gasteiger partial charge < -0.3 is 18.9 Å². The van der Waals surface area contributed by atoms with Gasteiger partial charge in [-0.3, -0.25) is 0 Å². The zero-order chi connectivity index (χ0) is 16.6. The molecule has 0 N–H and O–H groups in total. The van der Waals surface area contributed by atoms with E-state index < -0.39 is 0 Å². The molecule has 4 rings (SSSR count). The SMILES string of the molecule is CC(C)c1noc(-c2ccnc(N3CCOC4(CCOC4)C3)c2)n1. The molecule has 7 heteroatoms. The van der Waals surface area contributed by atoms with Crippen LogP contribution in [0.3, 0.4) is 0 Å². The van der Waals surface area contributed by atoms with Crippen LogP contribution in [0.15, 0.2) is 22.9 Å². The molecule has 2 saturated heterocycles. The lowest BCUT2D eigenvalue weighted by atomic mass is 10.0. The minimum absolute atomic E-state index is 0.189. The summed E-state index contributed by atoms with van der Waals surface area (Å²) in [5, 5.41) is 4.04. The molecule has 128 valence electrons. The van der Waals surface area contributed by atoms with E-state index in [0.29, 0.717) is 19.1 Å². The van der Waals surface area contributed by atoms with Crippen LogP contribution in [0, 0.1) is 0 Å². The Kier molecular flexibility index (Phi) is 3.97. The first-order valence-electron chi connectivity index (χ1n) is 8.42. The summed E-state index contributed by atoms with van der Waals surface area (Å²) in [6, 6.07) is 3.91. The fourth-order valence-corrected chi connectivity index (χ4v) is 3.18. The van der Waals surface area contributed by atoms with E-state index in [0.717, 1.165) is 43.3 Å². The predicted molar refractivity (Wildman–Crippen MR) is 88.0 cm³/mol. The van der Waals surface area contributed by atoms with Crippen molar-refractivity contribution in [2.75, 3.05) is 37.8 Å². The Labute approximate surface area is 141 Å². The van der Waals surface area contributed by atoms with E-state index in [1.807, 2.05) is 26.0 Å². The van der Waals surface area contributed by atoms with Crippen LogP contribution in [0.25, 0.3) is 11.5 Å². The number of aromatic nitrogens is 3. The molecule has 2 aromatic rings. The van der Waals surface area contributed by atoms with Crippen molar-refractivity contribution in [2.45, 2.75) is 31.8 Å². The first-order valence-corrected chi connectivity index (χ1v) is 8.42. The van der Waals surface area contributed by atoms with E-state index in [2.05, 4.69) is 20.0 Å². The second-order valence-corrected chi connectivity index (χ2v) is 6.77. The predicted octanol–water partition coefficient (Wildman–Crippen LogP) is 2.25. The zero-order valence-electron chi connectivity index (χ0n) is 14.1. The normalized spacial score (nSPS) is 24.2. The van der Waals surface area contributed by atoms with Crippen molar-refractivity contribution in [1.29, 1.82) is 0 Å². The monoisotopic (exact) mass is 330 g/mol. The summed E-state index contributed by atoms with van der Waals surface area (Å²) in [6.45, 7) is 7.82. The molecule has 1 atom stereocenters. The average Bonchev–Trinajstić information content (AvgIpc) is 3.25. The van der Waals surface area contributed by atoms with Gasteiger partial charge >= 0.3 is 0 Å². The van der Waals surface area contributed by atoms with E-state index in [1.54, 1.807) is 6.20 Å². The molecule has 24 heavy (non-hydrogen) atoms. The summed E-state index contributed by atoms with van der Waals surface area (Å²) in [7, 11) is 0. The fourth-order valence-electron chi connectivity index (χ4n) is 3.18. The Balaban J connectivity index is 1.57. The molecule has 7 nitrogen and oxygen atoms in total. The lowest BCUT2D eigenvalue weighted by Gasteiger charge is -2.40. The van der Waals surface area contributed by atoms with Crippen LogP contribution in [0.5, 0.6) is 0 Å². The first kappa shape index (κ1) is 15.5. The van der Waals surface area contributed by atoms with Gasteiger partial charge in [0, 0.05) is 37.3 Å². The van der Waals surface area contributed by atoms with Crippen LogP contribution in [-0.2, 0) is 9.47 Å². The molecule has 2 aliphatic heterocycles. The van der Waals surface area contributed by atoms with Crippen LogP contribution in [0.1, 0.15) is 32.0 Å². The molecular weight excluding hydrogens is 308 g/mol. The number of anilines is 1. The van der Waals surface area contributed by atoms with Crippen molar-refractivity contribution in [3.8, 4) is 11.5 Å². The molecule has 1 spiro atoms. The third-order valence-electron chi connectivity index (χ3n) is 4.59. The zero-order valence-corrected chi connectivity index (χ0v) is 14.1. The summed E-state index contributed by atoms with van der Waals surface area (Å²) in [5.41, 5.74) is 0.702. The van der Waals surface area contributed by atoms with Gasteiger partial charge in [-0.25, -0.2) is 4.98 Å². The van der Waals surface area contributed by atoms with Gasteiger partial charge in [0.05, 0.1) is 19.8 Å². The lowest BCUT2D eigenvalue weighted by molar-refractivity contribution is -0.0581. The number of hydrogen-bond donors (Lipinski definition) is 0. The van der Waals surface area contributed by atoms with Gasteiger partial charge in [-0.1, -0.05) is 19.0 Å². The van der Waals surface area contributed by atoms with Crippen LogP contribution in [0.2, 0.25) is 0 Å². The van der Waals surface area contributed by atoms with Crippen molar-refractivity contribution >= 4 is 5.82 Å².